The first-order chi connectivity index (χ1) is 11.1. The molecule has 0 bridgehead atoms. The molecule has 3 heteroatoms. The van der Waals surface area contributed by atoms with Gasteiger partial charge in [-0.05, 0) is 49.9 Å². The van der Waals surface area contributed by atoms with Crippen molar-refractivity contribution in [2.45, 2.75) is 72.8 Å². The van der Waals surface area contributed by atoms with Crippen LogP contribution in [0, 0.1) is 34.5 Å². The van der Waals surface area contributed by atoms with Gasteiger partial charge < -0.3 is 4.74 Å². The smallest absolute Gasteiger partial charge is 0.139 e. The molecule has 3 fully saturated rings. The van der Waals surface area contributed by atoms with Crippen LogP contribution in [0.4, 0.5) is 0 Å². The Hall–Kier alpha value is -1.12. The monoisotopic (exact) mass is 332 g/mol. The summed E-state index contributed by atoms with van der Waals surface area (Å²) in [7, 11) is 0. The van der Waals surface area contributed by atoms with Crippen LogP contribution in [0.25, 0.3) is 0 Å². The third-order valence-corrected chi connectivity index (χ3v) is 7.56. The molecule has 0 aromatic carbocycles. The average Bonchev–Trinajstić information content (AvgIpc) is 2.49. The minimum atomic E-state index is -0.212. The van der Waals surface area contributed by atoms with Crippen molar-refractivity contribution in [1.82, 2.24) is 0 Å². The summed E-state index contributed by atoms with van der Waals surface area (Å²) in [6, 6.07) is 0. The van der Waals surface area contributed by atoms with Crippen LogP contribution in [0.2, 0.25) is 0 Å². The minimum absolute atomic E-state index is 0.00385. The Morgan fingerprint density at radius 1 is 1.33 bits per heavy atom. The van der Waals surface area contributed by atoms with Crippen molar-refractivity contribution in [1.29, 1.82) is 0 Å². The molecule has 0 spiro atoms. The fourth-order valence-corrected chi connectivity index (χ4v) is 6.41. The van der Waals surface area contributed by atoms with Gasteiger partial charge in [-0.2, -0.15) is 0 Å². The molecular weight excluding hydrogens is 300 g/mol. The van der Waals surface area contributed by atoms with Gasteiger partial charge in [-0.3, -0.25) is 9.59 Å². The summed E-state index contributed by atoms with van der Waals surface area (Å²) < 4.78 is 6.05. The van der Waals surface area contributed by atoms with Gasteiger partial charge in [0.05, 0.1) is 11.9 Å². The molecule has 1 heterocycles. The third kappa shape index (κ3) is 2.30. The van der Waals surface area contributed by atoms with Crippen LogP contribution < -0.4 is 0 Å². The lowest BCUT2D eigenvalue weighted by molar-refractivity contribution is -0.180. The molecule has 0 radical (unpaired) electrons. The molecule has 1 saturated heterocycles. The maximum absolute atomic E-state index is 13.3. The van der Waals surface area contributed by atoms with Crippen molar-refractivity contribution < 1.29 is 14.3 Å². The Bertz CT molecular complexity index is 580. The summed E-state index contributed by atoms with van der Waals surface area (Å²) in [5.74, 6) is 1.64. The summed E-state index contributed by atoms with van der Waals surface area (Å²) >= 11 is 0. The molecule has 1 aliphatic heterocycles. The van der Waals surface area contributed by atoms with Gasteiger partial charge in [0.15, 0.2) is 0 Å². The zero-order chi connectivity index (χ0) is 17.9. The SMILES string of the molecule is C=C1O[C@H](CC)C[C@]2(C)[C@H]3C(=O)C(C)C[C@@H](C(C)=O)[C@]3(C)CC[C@@H]12. The molecule has 2 saturated carbocycles. The second kappa shape index (κ2) is 5.71. The highest BCUT2D eigenvalue weighted by molar-refractivity contribution is 5.90. The van der Waals surface area contributed by atoms with Crippen molar-refractivity contribution in [3.63, 3.8) is 0 Å². The third-order valence-electron chi connectivity index (χ3n) is 7.56. The van der Waals surface area contributed by atoms with E-state index in [-0.39, 0.29) is 46.4 Å². The van der Waals surface area contributed by atoms with E-state index in [4.69, 9.17) is 4.74 Å². The number of carbonyl (C=O) groups excluding carboxylic acids is 2. The lowest BCUT2D eigenvalue weighted by atomic mass is 9.42. The zero-order valence-electron chi connectivity index (χ0n) is 15.9. The van der Waals surface area contributed by atoms with E-state index in [2.05, 4.69) is 27.4 Å². The fraction of sp³-hybridized carbons (Fsp3) is 0.810. The van der Waals surface area contributed by atoms with Gasteiger partial charge in [0.25, 0.3) is 0 Å². The summed E-state index contributed by atoms with van der Waals surface area (Å²) in [4.78, 5) is 25.7. The van der Waals surface area contributed by atoms with Crippen molar-refractivity contribution in [2.24, 2.45) is 34.5 Å². The van der Waals surface area contributed by atoms with Gasteiger partial charge >= 0.3 is 0 Å². The molecule has 7 atom stereocenters. The molecule has 0 aromatic rings. The number of ketones is 2. The quantitative estimate of drug-likeness (QED) is 0.745. The largest absolute Gasteiger partial charge is 0.495 e. The maximum atomic E-state index is 13.3. The van der Waals surface area contributed by atoms with E-state index in [0.717, 1.165) is 37.9 Å². The normalized spacial score (nSPS) is 48.3. The number of Topliss-reactive ketones (excluding diaryl/α,β-unsaturated/α-hetero) is 2. The highest BCUT2D eigenvalue weighted by Gasteiger charge is 2.64. The van der Waals surface area contributed by atoms with Crippen molar-refractivity contribution >= 4 is 11.6 Å². The van der Waals surface area contributed by atoms with Crippen LogP contribution in [-0.4, -0.2) is 17.7 Å². The van der Waals surface area contributed by atoms with E-state index in [0.29, 0.717) is 5.78 Å². The Kier molecular flexibility index (Phi) is 4.21. The molecule has 0 amide bonds. The van der Waals surface area contributed by atoms with E-state index in [1.165, 1.54) is 0 Å². The van der Waals surface area contributed by atoms with Crippen LogP contribution in [0.1, 0.15) is 66.7 Å². The van der Waals surface area contributed by atoms with Crippen molar-refractivity contribution in [3.05, 3.63) is 12.3 Å². The standard InChI is InChI=1S/C21H32O3/c1-7-15-11-21(6)16(14(4)24-15)8-9-20(5)17(13(3)22)10-12(2)18(23)19(20)21/h12,15-17,19H,4,7-11H2,1-3,5-6H3/t12?,15-,16+,17+,19+,20+,21+/m1/s1. The molecule has 134 valence electrons. The molecule has 3 rings (SSSR count). The number of ether oxygens (including phenoxy) is 1. The topological polar surface area (TPSA) is 43.4 Å². The predicted molar refractivity (Wildman–Crippen MR) is 94.3 cm³/mol. The number of hydrogen-bond acceptors (Lipinski definition) is 3. The summed E-state index contributed by atoms with van der Waals surface area (Å²) in [6.45, 7) is 14.5. The molecule has 3 nitrogen and oxygen atoms in total. The number of hydrogen-bond donors (Lipinski definition) is 0. The highest BCUT2D eigenvalue weighted by Crippen LogP contribution is 2.65. The van der Waals surface area contributed by atoms with Crippen LogP contribution in [-0.2, 0) is 14.3 Å². The Balaban J connectivity index is 2.09. The van der Waals surface area contributed by atoms with Gasteiger partial charge in [0, 0.05) is 23.7 Å². The van der Waals surface area contributed by atoms with Crippen LogP contribution >= 0.6 is 0 Å². The minimum Gasteiger partial charge on any atom is -0.495 e. The fourth-order valence-electron chi connectivity index (χ4n) is 6.41. The van der Waals surface area contributed by atoms with E-state index in [1.807, 2.05) is 6.92 Å². The lowest BCUT2D eigenvalue weighted by Gasteiger charge is -2.62. The molecule has 1 unspecified atom stereocenters. The first kappa shape index (κ1) is 17.7. The molecular formula is C21H32O3. The van der Waals surface area contributed by atoms with Gasteiger partial charge in [0.2, 0.25) is 0 Å². The van der Waals surface area contributed by atoms with Crippen LogP contribution in [0.3, 0.4) is 0 Å². The molecule has 0 aromatic heterocycles. The van der Waals surface area contributed by atoms with Crippen LogP contribution in [0.15, 0.2) is 12.3 Å². The summed E-state index contributed by atoms with van der Waals surface area (Å²) in [5, 5.41) is 0. The van der Waals surface area contributed by atoms with Gasteiger partial charge in [-0.15, -0.1) is 0 Å². The number of fused-ring (bicyclic) bond motifs is 3. The predicted octanol–water partition coefficient (Wildman–Crippen LogP) is 4.55. The van der Waals surface area contributed by atoms with Crippen molar-refractivity contribution in [3.8, 4) is 0 Å². The number of rotatable bonds is 2. The zero-order valence-corrected chi connectivity index (χ0v) is 15.9. The second-order valence-electron chi connectivity index (χ2n) is 9.06. The van der Waals surface area contributed by atoms with Gasteiger partial charge in [-0.25, -0.2) is 0 Å². The Morgan fingerprint density at radius 3 is 2.58 bits per heavy atom. The van der Waals surface area contributed by atoms with E-state index >= 15 is 0 Å². The number of allylic oxidation sites excluding steroid dienone is 1. The second-order valence-corrected chi connectivity index (χ2v) is 9.06. The summed E-state index contributed by atoms with van der Waals surface area (Å²) in [5.41, 5.74) is -0.348. The van der Waals surface area contributed by atoms with Crippen molar-refractivity contribution in [2.75, 3.05) is 0 Å². The van der Waals surface area contributed by atoms with E-state index in [1.54, 1.807) is 6.92 Å². The highest BCUT2D eigenvalue weighted by atomic mass is 16.5. The van der Waals surface area contributed by atoms with Crippen LogP contribution in [0.5, 0.6) is 0 Å². The molecule has 3 aliphatic rings. The molecule has 24 heavy (non-hydrogen) atoms. The summed E-state index contributed by atoms with van der Waals surface area (Å²) in [6.07, 6.45) is 4.59. The number of carbonyl (C=O) groups is 2. The average molecular weight is 332 g/mol. The first-order valence-electron chi connectivity index (χ1n) is 9.54. The van der Waals surface area contributed by atoms with E-state index < -0.39 is 0 Å². The first-order valence-corrected chi connectivity index (χ1v) is 9.54. The Labute approximate surface area is 146 Å². The van der Waals surface area contributed by atoms with E-state index in [9.17, 15) is 9.59 Å². The molecule has 2 aliphatic carbocycles. The van der Waals surface area contributed by atoms with Gasteiger partial charge in [-0.1, -0.05) is 34.3 Å². The lowest BCUT2D eigenvalue weighted by Crippen LogP contribution is -2.62. The maximum Gasteiger partial charge on any atom is 0.139 e. The van der Waals surface area contributed by atoms with Gasteiger partial charge in [0.1, 0.15) is 11.6 Å². The Morgan fingerprint density at radius 2 is 2.00 bits per heavy atom. The molecule has 0 N–H and O–H groups in total.